The molecule has 0 bridgehead atoms. The molecular formula is C19H24N4O2S. The number of nitrogens with zero attached hydrogens (tertiary/aromatic N) is 4. The van der Waals surface area contributed by atoms with Crippen LogP contribution in [0.5, 0.6) is 0 Å². The van der Waals surface area contributed by atoms with Gasteiger partial charge < -0.3 is 9.84 Å². The molecule has 2 aliphatic heterocycles. The second kappa shape index (κ2) is 7.15. The van der Waals surface area contributed by atoms with Crippen LogP contribution < -0.4 is 4.90 Å². The monoisotopic (exact) mass is 372 g/mol. The molecule has 26 heavy (non-hydrogen) atoms. The van der Waals surface area contributed by atoms with E-state index in [1.807, 2.05) is 6.92 Å². The standard InChI is InChI=1S/C19H24N4O2S/c1-19(24)5-9-22(10-6-19)12-14-3-4-16-15(11-14)23(13-25-2)17-18(26-16)21-8-7-20-17/h3-4,7-8,11,24H,5-6,9-10,12-13H2,1-2H3. The van der Waals surface area contributed by atoms with Gasteiger partial charge in [0.1, 0.15) is 11.8 Å². The fraction of sp³-hybridized carbons (Fsp3) is 0.474. The molecule has 0 unspecified atom stereocenters. The lowest BCUT2D eigenvalue weighted by molar-refractivity contribution is -0.00730. The second-order valence-corrected chi connectivity index (χ2v) is 8.24. The van der Waals surface area contributed by atoms with Gasteiger partial charge in [-0.05, 0) is 37.5 Å². The Labute approximate surface area is 158 Å². The molecular weight excluding hydrogens is 348 g/mol. The Morgan fingerprint density at radius 1 is 1.23 bits per heavy atom. The van der Waals surface area contributed by atoms with Gasteiger partial charge in [0.05, 0.1) is 11.3 Å². The van der Waals surface area contributed by atoms with E-state index in [-0.39, 0.29) is 0 Å². The van der Waals surface area contributed by atoms with Crippen molar-refractivity contribution in [3.05, 3.63) is 36.2 Å². The topological polar surface area (TPSA) is 61.7 Å². The van der Waals surface area contributed by atoms with E-state index in [0.29, 0.717) is 6.73 Å². The summed E-state index contributed by atoms with van der Waals surface area (Å²) in [6, 6.07) is 6.58. The lowest BCUT2D eigenvalue weighted by Crippen LogP contribution is -2.41. The summed E-state index contributed by atoms with van der Waals surface area (Å²) in [6.07, 6.45) is 5.09. The molecule has 1 aromatic carbocycles. The van der Waals surface area contributed by atoms with Crippen molar-refractivity contribution in [2.24, 2.45) is 0 Å². The lowest BCUT2D eigenvalue weighted by atomic mass is 9.93. The van der Waals surface area contributed by atoms with Crippen molar-refractivity contribution in [1.82, 2.24) is 14.9 Å². The highest BCUT2D eigenvalue weighted by atomic mass is 32.2. The summed E-state index contributed by atoms with van der Waals surface area (Å²) in [4.78, 5) is 14.6. The summed E-state index contributed by atoms with van der Waals surface area (Å²) in [5.74, 6) is 0.845. The first kappa shape index (κ1) is 17.7. The number of benzene rings is 1. The summed E-state index contributed by atoms with van der Waals surface area (Å²) >= 11 is 1.65. The number of anilines is 2. The molecule has 1 aromatic heterocycles. The van der Waals surface area contributed by atoms with Crippen LogP contribution in [0.25, 0.3) is 0 Å². The molecule has 138 valence electrons. The van der Waals surface area contributed by atoms with Gasteiger partial charge in [-0.2, -0.15) is 0 Å². The Kier molecular flexibility index (Phi) is 4.88. The molecule has 0 radical (unpaired) electrons. The minimum Gasteiger partial charge on any atom is -0.390 e. The number of ether oxygens (including phenoxy) is 1. The van der Waals surface area contributed by atoms with Crippen LogP contribution in [0.2, 0.25) is 0 Å². The average Bonchev–Trinajstić information content (AvgIpc) is 2.64. The molecule has 1 saturated heterocycles. The first-order chi connectivity index (χ1) is 12.6. The highest BCUT2D eigenvalue weighted by Gasteiger charge is 2.28. The van der Waals surface area contributed by atoms with Crippen molar-refractivity contribution in [2.75, 3.05) is 31.8 Å². The molecule has 0 spiro atoms. The highest BCUT2D eigenvalue weighted by molar-refractivity contribution is 7.99. The van der Waals surface area contributed by atoms with E-state index in [0.717, 1.165) is 49.0 Å². The molecule has 4 rings (SSSR count). The van der Waals surface area contributed by atoms with E-state index in [4.69, 9.17) is 4.74 Å². The van der Waals surface area contributed by atoms with Gasteiger partial charge in [0.25, 0.3) is 0 Å². The molecule has 1 N–H and O–H groups in total. The van der Waals surface area contributed by atoms with Crippen molar-refractivity contribution in [1.29, 1.82) is 0 Å². The predicted octanol–water partition coefficient (Wildman–Crippen LogP) is 3.03. The van der Waals surface area contributed by atoms with Crippen LogP contribution in [-0.2, 0) is 11.3 Å². The van der Waals surface area contributed by atoms with E-state index in [9.17, 15) is 5.11 Å². The average molecular weight is 372 g/mol. The molecule has 3 heterocycles. The summed E-state index contributed by atoms with van der Waals surface area (Å²) in [6.45, 7) is 5.11. The van der Waals surface area contributed by atoms with Crippen molar-refractivity contribution < 1.29 is 9.84 Å². The number of hydrogen-bond donors (Lipinski definition) is 1. The number of likely N-dealkylation sites (tertiary alicyclic amines) is 1. The SMILES string of the molecule is COCN1c2cc(CN3CCC(C)(O)CC3)ccc2Sc2nccnc21. The van der Waals surface area contributed by atoms with Gasteiger partial charge in [-0.25, -0.2) is 9.97 Å². The van der Waals surface area contributed by atoms with Gasteiger partial charge >= 0.3 is 0 Å². The van der Waals surface area contributed by atoms with Crippen LogP contribution in [-0.4, -0.2) is 52.5 Å². The zero-order chi connectivity index (χ0) is 18.1. The van der Waals surface area contributed by atoms with Crippen LogP contribution >= 0.6 is 11.8 Å². The Morgan fingerprint density at radius 3 is 2.77 bits per heavy atom. The van der Waals surface area contributed by atoms with Crippen LogP contribution in [0, 0.1) is 0 Å². The number of piperidine rings is 1. The summed E-state index contributed by atoms with van der Waals surface area (Å²) in [7, 11) is 1.70. The third-order valence-electron chi connectivity index (χ3n) is 5.02. The van der Waals surface area contributed by atoms with Crippen LogP contribution in [0.3, 0.4) is 0 Å². The van der Waals surface area contributed by atoms with Crippen LogP contribution in [0.15, 0.2) is 40.5 Å². The zero-order valence-corrected chi connectivity index (χ0v) is 16.0. The molecule has 2 aromatic rings. The molecule has 0 saturated carbocycles. The lowest BCUT2D eigenvalue weighted by Gasteiger charge is -2.36. The van der Waals surface area contributed by atoms with Gasteiger partial charge in [-0.15, -0.1) is 0 Å². The fourth-order valence-electron chi connectivity index (χ4n) is 3.46. The van der Waals surface area contributed by atoms with E-state index >= 15 is 0 Å². The molecule has 6 nitrogen and oxygen atoms in total. The van der Waals surface area contributed by atoms with Crippen molar-refractivity contribution in [2.45, 2.75) is 41.8 Å². The van der Waals surface area contributed by atoms with Crippen LogP contribution in [0.4, 0.5) is 11.5 Å². The molecule has 1 fully saturated rings. The quantitative estimate of drug-likeness (QED) is 0.885. The van der Waals surface area contributed by atoms with E-state index < -0.39 is 5.60 Å². The molecule has 0 aliphatic carbocycles. The highest BCUT2D eigenvalue weighted by Crippen LogP contribution is 2.46. The Bertz CT molecular complexity index is 789. The number of aromatic nitrogens is 2. The third kappa shape index (κ3) is 3.57. The maximum absolute atomic E-state index is 10.1. The van der Waals surface area contributed by atoms with Crippen LogP contribution in [0.1, 0.15) is 25.3 Å². The number of rotatable bonds is 4. The minimum atomic E-state index is -0.513. The molecule has 7 heteroatoms. The van der Waals surface area contributed by atoms with Crippen molar-refractivity contribution in [3.63, 3.8) is 0 Å². The smallest absolute Gasteiger partial charge is 0.168 e. The Balaban J connectivity index is 1.57. The third-order valence-corrected chi connectivity index (χ3v) is 6.07. The normalized spacial score (nSPS) is 19.1. The van der Waals surface area contributed by atoms with Gasteiger partial charge in [-0.3, -0.25) is 9.80 Å². The number of aliphatic hydroxyl groups is 1. The Morgan fingerprint density at radius 2 is 2.00 bits per heavy atom. The largest absolute Gasteiger partial charge is 0.390 e. The predicted molar refractivity (Wildman–Crippen MR) is 102 cm³/mol. The maximum Gasteiger partial charge on any atom is 0.168 e. The zero-order valence-electron chi connectivity index (χ0n) is 15.2. The summed E-state index contributed by atoms with van der Waals surface area (Å²) in [5, 5.41) is 11.0. The molecule has 0 amide bonds. The van der Waals surface area contributed by atoms with Gasteiger partial charge in [0.15, 0.2) is 5.82 Å². The molecule has 2 aliphatic rings. The van der Waals surface area contributed by atoms with Gasteiger partial charge in [0, 0.05) is 44.0 Å². The number of fused-ring (bicyclic) bond motifs is 2. The Hall–Kier alpha value is -1.67. The van der Waals surface area contributed by atoms with E-state index in [1.165, 1.54) is 10.5 Å². The summed E-state index contributed by atoms with van der Waals surface area (Å²) < 4.78 is 5.42. The summed E-state index contributed by atoms with van der Waals surface area (Å²) in [5.41, 5.74) is 1.87. The first-order valence-electron chi connectivity index (χ1n) is 8.89. The number of hydrogen-bond acceptors (Lipinski definition) is 7. The molecule has 0 atom stereocenters. The number of methoxy groups -OCH3 is 1. The van der Waals surface area contributed by atoms with Crippen molar-refractivity contribution >= 4 is 23.3 Å². The minimum absolute atomic E-state index is 0.440. The van der Waals surface area contributed by atoms with Gasteiger partial charge in [0.2, 0.25) is 0 Å². The van der Waals surface area contributed by atoms with Crippen molar-refractivity contribution in [3.8, 4) is 0 Å². The van der Waals surface area contributed by atoms with E-state index in [2.05, 4.69) is 38.0 Å². The second-order valence-electron chi connectivity index (χ2n) is 7.21. The van der Waals surface area contributed by atoms with Gasteiger partial charge in [-0.1, -0.05) is 17.8 Å². The van der Waals surface area contributed by atoms with E-state index in [1.54, 1.807) is 31.3 Å². The fourth-order valence-corrected chi connectivity index (χ4v) is 4.45. The first-order valence-corrected chi connectivity index (χ1v) is 9.70. The maximum atomic E-state index is 10.1.